The monoisotopic (exact) mass is 439 g/mol. The van der Waals surface area contributed by atoms with Crippen LogP contribution in [0.15, 0.2) is 36.4 Å². The van der Waals surface area contributed by atoms with Gasteiger partial charge in [0.15, 0.2) is 0 Å². The molecule has 152 valence electrons. The Labute approximate surface area is 175 Å². The summed E-state index contributed by atoms with van der Waals surface area (Å²) in [6.07, 6.45) is 0.158. The first kappa shape index (κ1) is 21.1. The van der Waals surface area contributed by atoms with Crippen molar-refractivity contribution in [1.29, 1.82) is 0 Å². The summed E-state index contributed by atoms with van der Waals surface area (Å²) in [4.78, 5) is 13.0. The van der Waals surface area contributed by atoms with Crippen molar-refractivity contribution in [2.45, 2.75) is 32.4 Å². The molecule has 0 radical (unpaired) electrons. The van der Waals surface area contributed by atoms with Gasteiger partial charge in [-0.3, -0.25) is 4.79 Å². The molecule has 0 saturated heterocycles. The van der Waals surface area contributed by atoms with Gasteiger partial charge in [-0.05, 0) is 59.7 Å². The number of hydrogen-bond donors (Lipinski definition) is 1. The molecule has 3 rings (SSSR count). The summed E-state index contributed by atoms with van der Waals surface area (Å²) in [6.45, 7) is 3.32. The Hall–Kier alpha value is -2.58. The number of amides is 1. The summed E-state index contributed by atoms with van der Waals surface area (Å²) in [5, 5.41) is 14.2. The molecule has 0 aliphatic carbocycles. The lowest BCUT2D eigenvalue weighted by molar-refractivity contribution is -0.125. The predicted molar refractivity (Wildman–Crippen MR) is 105 cm³/mol. The summed E-state index contributed by atoms with van der Waals surface area (Å²) < 4.78 is 28.8. The van der Waals surface area contributed by atoms with Gasteiger partial charge in [0.05, 0.1) is 11.1 Å². The maximum Gasteiger partial charge on any atom is 0.245 e. The van der Waals surface area contributed by atoms with E-state index in [4.69, 9.17) is 23.2 Å². The number of aromatic nitrogens is 4. The maximum absolute atomic E-state index is 13.8. The highest BCUT2D eigenvalue weighted by atomic mass is 35.5. The zero-order chi connectivity index (χ0) is 21.1. The van der Waals surface area contributed by atoms with Gasteiger partial charge in [-0.1, -0.05) is 35.3 Å². The average molecular weight is 440 g/mol. The molecule has 29 heavy (non-hydrogen) atoms. The Kier molecular flexibility index (Phi) is 6.44. The van der Waals surface area contributed by atoms with Crippen molar-refractivity contribution < 1.29 is 13.6 Å². The van der Waals surface area contributed by atoms with Crippen molar-refractivity contribution >= 4 is 29.1 Å². The topological polar surface area (TPSA) is 72.7 Å². The van der Waals surface area contributed by atoms with Crippen LogP contribution in [0.3, 0.4) is 0 Å². The van der Waals surface area contributed by atoms with Gasteiger partial charge in [-0.15, -0.1) is 5.10 Å². The summed E-state index contributed by atoms with van der Waals surface area (Å²) in [5.41, 5.74) is 0.975. The fourth-order valence-electron chi connectivity index (χ4n) is 2.96. The Morgan fingerprint density at radius 2 is 1.97 bits per heavy atom. The van der Waals surface area contributed by atoms with Gasteiger partial charge < -0.3 is 5.32 Å². The summed E-state index contributed by atoms with van der Waals surface area (Å²) in [5.74, 6) is -1.06. The Balaban J connectivity index is 1.87. The zero-order valence-electron chi connectivity index (χ0n) is 15.5. The minimum absolute atomic E-state index is 0.106. The first-order valence-corrected chi connectivity index (χ1v) is 9.45. The number of aryl methyl sites for hydroxylation is 1. The Morgan fingerprint density at radius 3 is 2.62 bits per heavy atom. The van der Waals surface area contributed by atoms with Crippen LogP contribution in [0.2, 0.25) is 10.0 Å². The van der Waals surface area contributed by atoms with Gasteiger partial charge in [-0.2, -0.15) is 0 Å². The normalized spacial score (nSPS) is 13.2. The van der Waals surface area contributed by atoms with Gasteiger partial charge in [-0.25, -0.2) is 13.5 Å². The van der Waals surface area contributed by atoms with E-state index >= 15 is 0 Å². The SMILES string of the molecule is Cc1nnnn1C(Cc1cccc(F)c1)C(=O)NC(C)c1cc(F)c(Cl)cc1Cl. The molecule has 2 aromatic carbocycles. The van der Waals surface area contributed by atoms with Crippen molar-refractivity contribution in [1.82, 2.24) is 25.5 Å². The highest BCUT2D eigenvalue weighted by Crippen LogP contribution is 2.29. The largest absolute Gasteiger partial charge is 0.348 e. The lowest BCUT2D eigenvalue weighted by Gasteiger charge is -2.22. The van der Waals surface area contributed by atoms with Crippen molar-refractivity contribution in [3.8, 4) is 0 Å². The lowest BCUT2D eigenvalue weighted by Crippen LogP contribution is -2.36. The fourth-order valence-corrected chi connectivity index (χ4v) is 3.51. The third-order valence-corrected chi connectivity index (χ3v) is 5.06. The van der Waals surface area contributed by atoms with Gasteiger partial charge >= 0.3 is 0 Å². The number of benzene rings is 2. The summed E-state index contributed by atoms with van der Waals surface area (Å²) in [6, 6.07) is 6.93. The number of nitrogens with one attached hydrogen (secondary N) is 1. The second kappa shape index (κ2) is 8.84. The Bertz CT molecular complexity index is 1040. The van der Waals surface area contributed by atoms with Crippen LogP contribution in [0.5, 0.6) is 0 Å². The second-order valence-electron chi connectivity index (χ2n) is 6.54. The van der Waals surface area contributed by atoms with E-state index in [1.54, 1.807) is 26.0 Å². The van der Waals surface area contributed by atoms with Gasteiger partial charge in [0.1, 0.15) is 23.5 Å². The molecular formula is C19H17Cl2F2N5O. The molecule has 0 aliphatic heterocycles. The zero-order valence-corrected chi connectivity index (χ0v) is 17.0. The number of nitrogens with zero attached hydrogens (tertiary/aromatic N) is 4. The van der Waals surface area contributed by atoms with E-state index in [0.29, 0.717) is 17.0 Å². The van der Waals surface area contributed by atoms with Crippen LogP contribution in [-0.2, 0) is 11.2 Å². The van der Waals surface area contributed by atoms with E-state index in [1.165, 1.54) is 28.9 Å². The van der Waals surface area contributed by atoms with Crippen molar-refractivity contribution in [3.05, 3.63) is 75.0 Å². The first-order chi connectivity index (χ1) is 13.8. The average Bonchev–Trinajstić information content (AvgIpc) is 3.08. The molecule has 1 aromatic heterocycles. The third-order valence-electron chi connectivity index (χ3n) is 4.44. The Morgan fingerprint density at radius 1 is 1.21 bits per heavy atom. The number of halogens is 4. The van der Waals surface area contributed by atoms with Crippen LogP contribution in [0.25, 0.3) is 0 Å². The molecule has 6 nitrogen and oxygen atoms in total. The van der Waals surface area contributed by atoms with E-state index in [-0.39, 0.29) is 16.5 Å². The highest BCUT2D eigenvalue weighted by molar-refractivity contribution is 6.35. The molecular weight excluding hydrogens is 423 g/mol. The van der Waals surface area contributed by atoms with Crippen LogP contribution in [0, 0.1) is 18.6 Å². The molecule has 2 unspecified atom stereocenters. The fraction of sp³-hybridized carbons (Fsp3) is 0.263. The molecule has 0 saturated carbocycles. The predicted octanol–water partition coefficient (Wildman–Crippen LogP) is 4.23. The summed E-state index contributed by atoms with van der Waals surface area (Å²) >= 11 is 11.9. The molecule has 0 aliphatic rings. The molecule has 3 aromatic rings. The molecule has 1 amide bonds. The van der Waals surface area contributed by atoms with Crippen LogP contribution in [-0.4, -0.2) is 26.1 Å². The van der Waals surface area contributed by atoms with Crippen LogP contribution >= 0.6 is 23.2 Å². The van der Waals surface area contributed by atoms with Crippen molar-refractivity contribution in [2.24, 2.45) is 0 Å². The minimum atomic E-state index is -0.842. The number of hydrogen-bond acceptors (Lipinski definition) is 4. The highest BCUT2D eigenvalue weighted by Gasteiger charge is 2.26. The van der Waals surface area contributed by atoms with Crippen molar-refractivity contribution in [3.63, 3.8) is 0 Å². The molecule has 0 fully saturated rings. The van der Waals surface area contributed by atoms with Gasteiger partial charge in [0.2, 0.25) is 5.91 Å². The lowest BCUT2D eigenvalue weighted by atomic mass is 10.0. The van der Waals surface area contributed by atoms with Crippen molar-refractivity contribution in [2.75, 3.05) is 0 Å². The molecule has 1 N–H and O–H groups in total. The van der Waals surface area contributed by atoms with E-state index in [1.807, 2.05) is 0 Å². The molecule has 10 heteroatoms. The third kappa shape index (κ3) is 4.89. The van der Waals surface area contributed by atoms with Gasteiger partial charge in [0.25, 0.3) is 0 Å². The van der Waals surface area contributed by atoms with Crippen LogP contribution in [0.1, 0.15) is 36.0 Å². The molecule has 1 heterocycles. The maximum atomic E-state index is 13.8. The standard InChI is InChI=1S/C19H17Cl2F2N5O/c1-10(14-8-17(23)16(21)9-15(14)20)24-19(29)18(28-11(2)25-26-27-28)7-12-4-3-5-13(22)6-12/h3-6,8-10,18H,7H2,1-2H3,(H,24,29). The first-order valence-electron chi connectivity index (χ1n) is 8.70. The number of carbonyl (C=O) groups excluding carboxylic acids is 1. The summed E-state index contributed by atoms with van der Waals surface area (Å²) in [7, 11) is 0. The smallest absolute Gasteiger partial charge is 0.245 e. The van der Waals surface area contributed by atoms with Gasteiger partial charge in [0, 0.05) is 11.4 Å². The second-order valence-corrected chi connectivity index (χ2v) is 7.35. The van der Waals surface area contributed by atoms with E-state index < -0.39 is 29.6 Å². The van der Waals surface area contributed by atoms with Crippen LogP contribution < -0.4 is 5.32 Å². The van der Waals surface area contributed by atoms with E-state index in [9.17, 15) is 13.6 Å². The quantitative estimate of drug-likeness (QED) is 0.583. The van der Waals surface area contributed by atoms with Crippen LogP contribution in [0.4, 0.5) is 8.78 Å². The molecule has 0 spiro atoms. The number of tetrazole rings is 1. The minimum Gasteiger partial charge on any atom is -0.348 e. The molecule has 2 atom stereocenters. The number of rotatable bonds is 6. The van der Waals surface area contributed by atoms with E-state index in [2.05, 4.69) is 20.8 Å². The number of carbonyl (C=O) groups is 1. The van der Waals surface area contributed by atoms with E-state index in [0.717, 1.165) is 0 Å². The molecule has 0 bridgehead atoms.